The van der Waals surface area contributed by atoms with Crippen LogP contribution >= 0.6 is 0 Å². The fourth-order valence-corrected chi connectivity index (χ4v) is 1.38. The van der Waals surface area contributed by atoms with E-state index in [4.69, 9.17) is 4.74 Å². The Morgan fingerprint density at radius 1 is 1.38 bits per heavy atom. The van der Waals surface area contributed by atoms with E-state index in [1.807, 2.05) is 6.92 Å². The van der Waals surface area contributed by atoms with Gasteiger partial charge in [0.2, 0.25) is 0 Å². The summed E-state index contributed by atoms with van der Waals surface area (Å²) in [6.07, 6.45) is 0. The Bertz CT molecular complexity index is 450. The first kappa shape index (κ1) is 15.3. The van der Waals surface area contributed by atoms with E-state index >= 15 is 0 Å². The van der Waals surface area contributed by atoms with Gasteiger partial charge in [0.1, 0.15) is 22.5 Å². The molecular formula is C10H11LiO4S. The van der Waals surface area contributed by atoms with Gasteiger partial charge < -0.3 is 9.29 Å². The van der Waals surface area contributed by atoms with Crippen LogP contribution in [0.2, 0.25) is 0 Å². The van der Waals surface area contributed by atoms with Gasteiger partial charge in [-0.2, -0.15) is 0 Å². The van der Waals surface area contributed by atoms with Gasteiger partial charge in [0.15, 0.2) is 0 Å². The summed E-state index contributed by atoms with van der Waals surface area (Å²) >= 11 is 0. The molecule has 0 heterocycles. The van der Waals surface area contributed by atoms with Crippen LogP contribution in [-0.2, 0) is 10.1 Å². The monoisotopic (exact) mass is 234 g/mol. The molecule has 16 heavy (non-hydrogen) atoms. The Kier molecular flexibility index (Phi) is 5.83. The van der Waals surface area contributed by atoms with Crippen molar-refractivity contribution in [2.45, 2.75) is 11.8 Å². The number of benzene rings is 1. The predicted octanol–water partition coefficient (Wildman–Crippen LogP) is -1.45. The minimum Gasteiger partial charge on any atom is -0.744 e. The van der Waals surface area contributed by atoms with Crippen LogP contribution in [0.5, 0.6) is 5.75 Å². The summed E-state index contributed by atoms with van der Waals surface area (Å²) in [6.45, 7) is 5.84. The number of hydrogen-bond donors (Lipinski definition) is 0. The van der Waals surface area contributed by atoms with Crippen LogP contribution in [0.4, 0.5) is 0 Å². The van der Waals surface area contributed by atoms with Crippen LogP contribution in [0.15, 0.2) is 41.3 Å². The molecule has 0 amide bonds. The molecule has 0 saturated carbocycles. The summed E-state index contributed by atoms with van der Waals surface area (Å²) in [5.74, 6) is 0.505. The van der Waals surface area contributed by atoms with Gasteiger partial charge in [-0.1, -0.05) is 6.58 Å². The van der Waals surface area contributed by atoms with Gasteiger partial charge in [0.25, 0.3) is 0 Å². The number of hydrogen-bond acceptors (Lipinski definition) is 4. The van der Waals surface area contributed by atoms with E-state index in [0.29, 0.717) is 12.4 Å². The van der Waals surface area contributed by atoms with Gasteiger partial charge in [-0.25, -0.2) is 8.42 Å². The Balaban J connectivity index is 0.00000225. The van der Waals surface area contributed by atoms with E-state index in [1.54, 1.807) is 0 Å². The maximum Gasteiger partial charge on any atom is 1.00 e. The van der Waals surface area contributed by atoms with Crippen molar-refractivity contribution in [3.63, 3.8) is 0 Å². The molecule has 0 unspecified atom stereocenters. The molecule has 0 bridgehead atoms. The molecule has 1 aromatic carbocycles. The van der Waals surface area contributed by atoms with Crippen molar-refractivity contribution in [3.8, 4) is 5.75 Å². The fraction of sp³-hybridized carbons (Fsp3) is 0.200. The molecule has 6 heteroatoms. The summed E-state index contributed by atoms with van der Waals surface area (Å²) in [5, 5.41) is 0. The summed E-state index contributed by atoms with van der Waals surface area (Å²) in [4.78, 5) is -0.259. The first-order valence-electron chi connectivity index (χ1n) is 4.23. The molecule has 0 aliphatic heterocycles. The van der Waals surface area contributed by atoms with Crippen LogP contribution in [0, 0.1) is 0 Å². The van der Waals surface area contributed by atoms with E-state index in [1.165, 1.54) is 24.3 Å². The summed E-state index contributed by atoms with van der Waals surface area (Å²) in [7, 11) is -4.37. The standard InChI is InChI=1S/C10H12O4S.Li/c1-8(2)7-14-9-3-5-10(6-4-9)15(11,12)13;/h3-6H,1,7H2,2H3,(H,11,12,13);/q;+1/p-1. The fourth-order valence-electron chi connectivity index (χ4n) is 0.909. The van der Waals surface area contributed by atoms with Crippen LogP contribution < -0.4 is 23.6 Å². The van der Waals surface area contributed by atoms with E-state index in [9.17, 15) is 13.0 Å². The Labute approximate surface area is 107 Å². The van der Waals surface area contributed by atoms with E-state index < -0.39 is 10.1 Å². The maximum atomic E-state index is 10.6. The molecule has 0 radical (unpaired) electrons. The molecule has 0 spiro atoms. The third-order valence-corrected chi connectivity index (χ3v) is 2.45. The van der Waals surface area contributed by atoms with Crippen LogP contribution in [0.3, 0.4) is 0 Å². The van der Waals surface area contributed by atoms with Crippen molar-refractivity contribution in [2.24, 2.45) is 0 Å². The smallest absolute Gasteiger partial charge is 0.744 e. The second-order valence-electron chi connectivity index (χ2n) is 3.17. The van der Waals surface area contributed by atoms with Crippen molar-refractivity contribution in [3.05, 3.63) is 36.4 Å². The molecule has 0 aliphatic rings. The Morgan fingerprint density at radius 2 is 1.88 bits per heavy atom. The van der Waals surface area contributed by atoms with Gasteiger partial charge in [-0.05, 0) is 36.8 Å². The topological polar surface area (TPSA) is 66.4 Å². The molecule has 0 aromatic heterocycles. The maximum absolute atomic E-state index is 10.6. The van der Waals surface area contributed by atoms with E-state index in [2.05, 4.69) is 6.58 Å². The van der Waals surface area contributed by atoms with Crippen molar-refractivity contribution < 1.29 is 36.6 Å². The largest absolute Gasteiger partial charge is 1.00 e. The molecule has 1 aromatic rings. The zero-order chi connectivity index (χ0) is 11.5. The average Bonchev–Trinajstić information content (AvgIpc) is 2.14. The molecule has 0 aliphatic carbocycles. The van der Waals surface area contributed by atoms with Crippen molar-refractivity contribution in [2.75, 3.05) is 6.61 Å². The minimum atomic E-state index is -4.37. The van der Waals surface area contributed by atoms with Gasteiger partial charge in [0, 0.05) is 0 Å². The van der Waals surface area contributed by atoms with Crippen LogP contribution in [-0.4, -0.2) is 19.6 Å². The Morgan fingerprint density at radius 3 is 2.25 bits per heavy atom. The number of rotatable bonds is 4. The van der Waals surface area contributed by atoms with E-state index in [-0.39, 0.29) is 23.8 Å². The molecule has 1 rings (SSSR count). The predicted molar refractivity (Wildman–Crippen MR) is 54.7 cm³/mol. The SMILES string of the molecule is C=C(C)COc1ccc(S(=O)(=O)[O-])cc1.[Li+]. The Hall–Kier alpha value is -0.733. The summed E-state index contributed by atoms with van der Waals surface area (Å²) in [5.41, 5.74) is 0.857. The first-order valence-corrected chi connectivity index (χ1v) is 5.63. The van der Waals surface area contributed by atoms with Crippen LogP contribution in [0.1, 0.15) is 6.92 Å². The minimum absolute atomic E-state index is 0. The zero-order valence-electron chi connectivity index (χ0n) is 9.26. The molecule has 0 N–H and O–H groups in total. The van der Waals surface area contributed by atoms with Crippen molar-refractivity contribution in [1.82, 2.24) is 0 Å². The zero-order valence-corrected chi connectivity index (χ0v) is 10.1. The first-order chi connectivity index (χ1) is 6.89. The quantitative estimate of drug-likeness (QED) is 0.363. The van der Waals surface area contributed by atoms with Crippen molar-refractivity contribution >= 4 is 10.1 Å². The third-order valence-electron chi connectivity index (χ3n) is 1.60. The molecule has 0 saturated heterocycles. The van der Waals surface area contributed by atoms with Gasteiger partial charge >= 0.3 is 18.9 Å². The summed E-state index contributed by atoms with van der Waals surface area (Å²) in [6, 6.07) is 5.31. The summed E-state index contributed by atoms with van der Waals surface area (Å²) < 4.78 is 37.0. The van der Waals surface area contributed by atoms with E-state index in [0.717, 1.165) is 5.57 Å². The normalized spacial score (nSPS) is 10.4. The molecule has 82 valence electrons. The molecule has 4 nitrogen and oxygen atoms in total. The third kappa shape index (κ3) is 4.86. The second-order valence-corrected chi connectivity index (χ2v) is 4.55. The second kappa shape index (κ2) is 6.11. The van der Waals surface area contributed by atoms with Gasteiger partial charge in [-0.15, -0.1) is 0 Å². The van der Waals surface area contributed by atoms with Gasteiger partial charge in [0.05, 0.1) is 4.90 Å². The molecule has 0 fully saturated rings. The average molecular weight is 234 g/mol. The van der Waals surface area contributed by atoms with Crippen LogP contribution in [0.25, 0.3) is 0 Å². The number of ether oxygens (including phenoxy) is 1. The van der Waals surface area contributed by atoms with Crippen molar-refractivity contribution in [1.29, 1.82) is 0 Å². The molecular weight excluding hydrogens is 223 g/mol. The van der Waals surface area contributed by atoms with Gasteiger partial charge in [-0.3, -0.25) is 0 Å². The molecule has 0 atom stereocenters.